The number of hydrogen-bond acceptors (Lipinski definition) is 5. The fourth-order valence-electron chi connectivity index (χ4n) is 1.51. The second-order valence-corrected chi connectivity index (χ2v) is 4.06. The second-order valence-electron chi connectivity index (χ2n) is 3.33. The summed E-state index contributed by atoms with van der Waals surface area (Å²) in [6.45, 7) is 0.433. The van der Waals surface area contributed by atoms with Crippen LogP contribution in [0.25, 0.3) is 0 Å². The number of carbonyl (C=O) groups is 1. The van der Waals surface area contributed by atoms with Crippen molar-refractivity contribution in [3.63, 3.8) is 0 Å². The molecule has 0 aliphatic carbocycles. The van der Waals surface area contributed by atoms with Crippen LogP contribution in [0.2, 0.25) is 0 Å². The van der Waals surface area contributed by atoms with E-state index in [1.807, 2.05) is 0 Å². The third kappa shape index (κ3) is 1.70. The molecule has 0 spiro atoms. The van der Waals surface area contributed by atoms with Crippen LogP contribution in [0.4, 0.5) is 11.5 Å². The molecule has 1 aromatic heterocycles. The summed E-state index contributed by atoms with van der Waals surface area (Å²) >= 11 is 4.20. The summed E-state index contributed by atoms with van der Waals surface area (Å²) in [5.41, 5.74) is 5.08. The molecular formula is C8H10N4O2S. The lowest BCUT2D eigenvalue weighted by molar-refractivity contribution is -0.117. The second kappa shape index (κ2) is 3.58. The van der Waals surface area contributed by atoms with Crippen molar-refractivity contribution >= 4 is 30.0 Å². The molecule has 1 unspecified atom stereocenters. The third-order valence-corrected chi connectivity index (χ3v) is 2.57. The number of rotatable bonds is 1. The molecule has 0 aromatic carbocycles. The molecule has 1 fully saturated rings. The highest BCUT2D eigenvalue weighted by Gasteiger charge is 2.30. The van der Waals surface area contributed by atoms with Gasteiger partial charge in [0.15, 0.2) is 5.82 Å². The average molecular weight is 226 g/mol. The summed E-state index contributed by atoms with van der Waals surface area (Å²) in [4.78, 5) is 30.4. The van der Waals surface area contributed by atoms with Crippen molar-refractivity contribution < 1.29 is 4.79 Å². The van der Waals surface area contributed by atoms with Crippen LogP contribution in [0.1, 0.15) is 6.42 Å². The van der Waals surface area contributed by atoms with Gasteiger partial charge >= 0.3 is 0 Å². The van der Waals surface area contributed by atoms with Crippen LogP contribution in [0, 0.1) is 0 Å². The lowest BCUT2D eigenvalue weighted by atomic mass is 10.4. The molecule has 0 radical (unpaired) electrons. The first-order valence-corrected chi connectivity index (χ1v) is 4.93. The largest absolute Gasteiger partial charge is 0.391 e. The summed E-state index contributed by atoms with van der Waals surface area (Å²) in [6, 6.07) is 0. The van der Waals surface area contributed by atoms with E-state index < -0.39 is 5.56 Å². The molecule has 7 heteroatoms. The lowest BCUT2D eigenvalue weighted by Crippen LogP contribution is -2.29. The number of hydrogen-bond donors (Lipinski definition) is 3. The van der Waals surface area contributed by atoms with Crippen LogP contribution < -0.4 is 16.2 Å². The van der Waals surface area contributed by atoms with Gasteiger partial charge in [-0.15, -0.1) is 0 Å². The maximum Gasteiger partial charge on any atom is 0.276 e. The van der Waals surface area contributed by atoms with Gasteiger partial charge in [-0.3, -0.25) is 14.5 Å². The fraction of sp³-hybridized carbons (Fsp3) is 0.375. The van der Waals surface area contributed by atoms with E-state index in [-0.39, 0.29) is 22.7 Å². The van der Waals surface area contributed by atoms with E-state index in [4.69, 9.17) is 5.73 Å². The van der Waals surface area contributed by atoms with Crippen LogP contribution in [0.5, 0.6) is 0 Å². The summed E-state index contributed by atoms with van der Waals surface area (Å²) in [5, 5.41) is -0.0296. The molecule has 2 heterocycles. The maximum absolute atomic E-state index is 11.5. The van der Waals surface area contributed by atoms with Gasteiger partial charge in [0, 0.05) is 18.2 Å². The molecule has 2 rings (SSSR count). The third-order valence-electron chi connectivity index (χ3n) is 2.23. The van der Waals surface area contributed by atoms with Crippen molar-refractivity contribution in [2.24, 2.45) is 0 Å². The number of nitrogens with one attached hydrogen (secondary N) is 1. The van der Waals surface area contributed by atoms with Crippen molar-refractivity contribution in [3.8, 4) is 0 Å². The van der Waals surface area contributed by atoms with Crippen LogP contribution in [-0.2, 0) is 4.79 Å². The van der Waals surface area contributed by atoms with Crippen molar-refractivity contribution in [1.82, 2.24) is 9.97 Å². The maximum atomic E-state index is 11.5. The molecule has 1 amide bonds. The van der Waals surface area contributed by atoms with Gasteiger partial charge in [-0.25, -0.2) is 4.98 Å². The zero-order chi connectivity index (χ0) is 11.0. The Morgan fingerprint density at radius 2 is 2.33 bits per heavy atom. The zero-order valence-electron chi connectivity index (χ0n) is 7.80. The Bertz CT molecular complexity index is 458. The Hall–Kier alpha value is -1.50. The first-order chi connectivity index (χ1) is 7.09. The number of anilines is 2. The first kappa shape index (κ1) is 10.0. The number of aromatic nitrogens is 2. The van der Waals surface area contributed by atoms with Crippen LogP contribution >= 0.6 is 12.6 Å². The number of nitrogens with two attached hydrogens (primary N) is 1. The van der Waals surface area contributed by atoms with Crippen LogP contribution in [-0.4, -0.2) is 27.7 Å². The minimum atomic E-state index is -0.435. The van der Waals surface area contributed by atoms with Crippen molar-refractivity contribution in [2.75, 3.05) is 17.2 Å². The molecule has 1 aliphatic heterocycles. The van der Waals surface area contributed by atoms with Gasteiger partial charge < -0.3 is 10.7 Å². The molecule has 15 heavy (non-hydrogen) atoms. The minimum absolute atomic E-state index is 0.0296. The normalized spacial score (nSPS) is 21.0. The summed E-state index contributed by atoms with van der Waals surface area (Å²) in [6.07, 6.45) is 1.57. The fourth-order valence-corrected chi connectivity index (χ4v) is 1.83. The molecule has 0 bridgehead atoms. The van der Waals surface area contributed by atoms with E-state index in [9.17, 15) is 9.59 Å². The predicted molar refractivity (Wildman–Crippen MR) is 59.0 cm³/mol. The van der Waals surface area contributed by atoms with Gasteiger partial charge in [0.25, 0.3) is 5.56 Å². The van der Waals surface area contributed by atoms with Gasteiger partial charge in [-0.1, -0.05) is 0 Å². The van der Waals surface area contributed by atoms with Crippen LogP contribution in [0.3, 0.4) is 0 Å². The number of amides is 1. The van der Waals surface area contributed by atoms with Crippen molar-refractivity contribution in [2.45, 2.75) is 11.7 Å². The molecule has 0 saturated carbocycles. The standard InChI is InChI=1S/C8H10N4O2S/c9-6-7(10-3-11-8(6)14)12-2-4(15)1-5(12)13/h3-4,15H,1-2,9H2,(H,10,11,14). The Morgan fingerprint density at radius 1 is 1.60 bits per heavy atom. The quantitative estimate of drug-likeness (QED) is 0.557. The lowest BCUT2D eigenvalue weighted by Gasteiger charge is -2.15. The summed E-state index contributed by atoms with van der Waals surface area (Å²) in [5.74, 6) is 0.111. The molecule has 6 nitrogen and oxygen atoms in total. The first-order valence-electron chi connectivity index (χ1n) is 4.41. The minimum Gasteiger partial charge on any atom is -0.391 e. The zero-order valence-corrected chi connectivity index (χ0v) is 8.70. The Labute approximate surface area is 90.9 Å². The Morgan fingerprint density at radius 3 is 2.93 bits per heavy atom. The SMILES string of the molecule is Nc1c(N2CC(S)CC2=O)nc[nH]c1=O. The molecule has 3 N–H and O–H groups in total. The van der Waals surface area contributed by atoms with E-state index in [1.165, 1.54) is 11.2 Å². The Balaban J connectivity index is 2.42. The number of thiol groups is 1. The highest BCUT2D eigenvalue weighted by atomic mass is 32.1. The van der Waals surface area contributed by atoms with E-state index in [1.54, 1.807) is 0 Å². The summed E-state index contributed by atoms with van der Waals surface area (Å²) < 4.78 is 0. The smallest absolute Gasteiger partial charge is 0.276 e. The highest BCUT2D eigenvalue weighted by molar-refractivity contribution is 7.81. The molecule has 1 aromatic rings. The summed E-state index contributed by atoms with van der Waals surface area (Å²) in [7, 11) is 0. The predicted octanol–water partition coefficient (Wildman–Crippen LogP) is -0.613. The monoisotopic (exact) mass is 226 g/mol. The topological polar surface area (TPSA) is 92.1 Å². The number of aromatic amines is 1. The number of nitrogen functional groups attached to an aromatic ring is 1. The molecule has 1 atom stereocenters. The van der Waals surface area contributed by atoms with Gasteiger partial charge in [-0.2, -0.15) is 12.6 Å². The van der Waals surface area contributed by atoms with E-state index in [0.717, 1.165) is 0 Å². The average Bonchev–Trinajstić information content (AvgIpc) is 2.50. The van der Waals surface area contributed by atoms with Gasteiger partial charge in [0.2, 0.25) is 5.91 Å². The number of nitrogens with zero attached hydrogens (tertiary/aromatic N) is 2. The number of carbonyl (C=O) groups excluding carboxylic acids is 1. The van der Waals surface area contributed by atoms with Crippen molar-refractivity contribution in [1.29, 1.82) is 0 Å². The number of H-pyrrole nitrogens is 1. The molecule has 80 valence electrons. The molecular weight excluding hydrogens is 216 g/mol. The van der Waals surface area contributed by atoms with Gasteiger partial charge in [0.1, 0.15) is 5.69 Å². The van der Waals surface area contributed by atoms with E-state index in [2.05, 4.69) is 22.6 Å². The van der Waals surface area contributed by atoms with Gasteiger partial charge in [-0.05, 0) is 0 Å². The highest BCUT2D eigenvalue weighted by Crippen LogP contribution is 2.24. The van der Waals surface area contributed by atoms with Crippen LogP contribution in [0.15, 0.2) is 11.1 Å². The Kier molecular flexibility index (Phi) is 2.39. The van der Waals surface area contributed by atoms with Crippen molar-refractivity contribution in [3.05, 3.63) is 16.7 Å². The van der Waals surface area contributed by atoms with E-state index >= 15 is 0 Å². The van der Waals surface area contributed by atoms with E-state index in [0.29, 0.717) is 13.0 Å². The van der Waals surface area contributed by atoms with Gasteiger partial charge in [0.05, 0.1) is 6.33 Å². The molecule has 1 aliphatic rings. The molecule has 1 saturated heterocycles.